The lowest BCUT2D eigenvalue weighted by atomic mass is 10.1. The van der Waals surface area contributed by atoms with E-state index in [1.54, 1.807) is 41.3 Å². The summed E-state index contributed by atoms with van der Waals surface area (Å²) in [6.45, 7) is 2.25. The summed E-state index contributed by atoms with van der Waals surface area (Å²) in [7, 11) is 0. The Labute approximate surface area is 149 Å². The van der Waals surface area contributed by atoms with E-state index < -0.39 is 5.91 Å². The van der Waals surface area contributed by atoms with Crippen LogP contribution in [-0.2, 0) is 4.74 Å². The number of ether oxygens (including phenoxy) is 1. The Kier molecular flexibility index (Phi) is 5.42. The maximum absolute atomic E-state index is 12.5. The Bertz CT molecular complexity index is 770. The summed E-state index contributed by atoms with van der Waals surface area (Å²) in [6, 6.07) is 10.1. The van der Waals surface area contributed by atoms with E-state index in [-0.39, 0.29) is 16.8 Å². The van der Waals surface area contributed by atoms with Crippen molar-refractivity contribution in [2.45, 2.75) is 0 Å². The minimum Gasteiger partial charge on any atom is -0.459 e. The third-order valence-corrected chi connectivity index (χ3v) is 3.84. The molecule has 8 heteroatoms. The average molecular weight is 359 g/mol. The van der Waals surface area contributed by atoms with E-state index >= 15 is 0 Å². The molecule has 0 saturated carbocycles. The Morgan fingerprint density at radius 1 is 1.12 bits per heavy atom. The van der Waals surface area contributed by atoms with Crippen LogP contribution in [0.2, 0.25) is 0 Å². The molecule has 0 bridgehead atoms. The van der Waals surface area contributed by atoms with Crippen LogP contribution in [0.15, 0.2) is 47.1 Å². The highest BCUT2D eigenvalue weighted by atomic mass is 32.1. The predicted molar refractivity (Wildman–Crippen MR) is 95.6 cm³/mol. The molecule has 1 saturated heterocycles. The normalized spacial score (nSPS) is 14.0. The number of thiocarbonyl (C=S) groups is 1. The first-order valence-electron chi connectivity index (χ1n) is 7.76. The van der Waals surface area contributed by atoms with E-state index in [2.05, 4.69) is 10.6 Å². The molecule has 0 unspecified atom stereocenters. The fourth-order valence-corrected chi connectivity index (χ4v) is 2.62. The number of carbonyl (C=O) groups is 2. The van der Waals surface area contributed by atoms with Crippen LogP contribution in [0.1, 0.15) is 20.9 Å². The molecular formula is C17H17N3O4S. The zero-order valence-corrected chi connectivity index (χ0v) is 14.2. The van der Waals surface area contributed by atoms with Gasteiger partial charge in [0.15, 0.2) is 10.9 Å². The number of benzene rings is 1. The minimum absolute atomic E-state index is 0.0579. The summed E-state index contributed by atoms with van der Waals surface area (Å²) in [5.41, 5.74) is 1.16. The lowest BCUT2D eigenvalue weighted by Gasteiger charge is -2.27. The first-order valence-corrected chi connectivity index (χ1v) is 8.17. The summed E-state index contributed by atoms with van der Waals surface area (Å²) < 4.78 is 10.3. The number of carbonyl (C=O) groups excluding carboxylic acids is 2. The largest absolute Gasteiger partial charge is 0.459 e. The molecule has 2 amide bonds. The molecule has 1 fully saturated rings. The van der Waals surface area contributed by atoms with Gasteiger partial charge in [-0.1, -0.05) is 6.07 Å². The van der Waals surface area contributed by atoms with Gasteiger partial charge in [0.25, 0.3) is 11.8 Å². The van der Waals surface area contributed by atoms with E-state index in [0.717, 1.165) is 0 Å². The van der Waals surface area contributed by atoms with Crippen molar-refractivity contribution in [3.63, 3.8) is 0 Å². The first-order chi connectivity index (χ1) is 12.1. The number of morpholine rings is 1. The van der Waals surface area contributed by atoms with Gasteiger partial charge in [-0.3, -0.25) is 14.9 Å². The van der Waals surface area contributed by atoms with Crippen LogP contribution in [0.25, 0.3) is 0 Å². The third-order valence-electron chi connectivity index (χ3n) is 3.64. The van der Waals surface area contributed by atoms with Gasteiger partial charge in [-0.15, -0.1) is 0 Å². The minimum atomic E-state index is -0.442. The fourth-order valence-electron chi connectivity index (χ4n) is 2.41. The van der Waals surface area contributed by atoms with Crippen LogP contribution < -0.4 is 10.6 Å². The number of anilines is 1. The second-order valence-electron chi connectivity index (χ2n) is 5.37. The number of hydrogen-bond acceptors (Lipinski definition) is 5. The second kappa shape index (κ2) is 7.91. The quantitative estimate of drug-likeness (QED) is 0.814. The van der Waals surface area contributed by atoms with E-state index in [9.17, 15) is 9.59 Å². The van der Waals surface area contributed by atoms with E-state index in [1.165, 1.54) is 6.26 Å². The molecular weight excluding hydrogens is 342 g/mol. The topological polar surface area (TPSA) is 83.8 Å². The van der Waals surface area contributed by atoms with Crippen molar-refractivity contribution in [3.8, 4) is 0 Å². The maximum atomic E-state index is 12.5. The Balaban J connectivity index is 1.62. The lowest BCUT2D eigenvalue weighted by Crippen LogP contribution is -2.40. The highest BCUT2D eigenvalue weighted by Gasteiger charge is 2.18. The Hall–Kier alpha value is -2.71. The van der Waals surface area contributed by atoms with Crippen LogP contribution >= 0.6 is 12.2 Å². The fraction of sp³-hybridized carbons (Fsp3) is 0.235. The number of nitrogens with one attached hydrogen (secondary N) is 2. The smallest absolute Gasteiger partial charge is 0.293 e. The van der Waals surface area contributed by atoms with Crippen LogP contribution in [-0.4, -0.2) is 48.1 Å². The summed E-state index contributed by atoms with van der Waals surface area (Å²) in [5.74, 6) is -0.332. The average Bonchev–Trinajstić information content (AvgIpc) is 3.17. The first kappa shape index (κ1) is 17.1. The molecule has 3 rings (SSSR count). The second-order valence-corrected chi connectivity index (χ2v) is 5.78. The number of rotatable bonds is 3. The van der Waals surface area contributed by atoms with Crippen molar-refractivity contribution < 1.29 is 18.7 Å². The predicted octanol–water partition coefficient (Wildman–Crippen LogP) is 1.88. The number of hydrogen-bond donors (Lipinski definition) is 2. The number of furan rings is 1. The molecule has 0 radical (unpaired) electrons. The van der Waals surface area contributed by atoms with Gasteiger partial charge in [0.1, 0.15) is 0 Å². The molecule has 1 aromatic heterocycles. The Morgan fingerprint density at radius 3 is 2.64 bits per heavy atom. The summed E-state index contributed by atoms with van der Waals surface area (Å²) in [4.78, 5) is 26.1. The molecule has 1 aliphatic heterocycles. The molecule has 2 aromatic rings. The van der Waals surface area contributed by atoms with E-state index in [4.69, 9.17) is 21.4 Å². The van der Waals surface area contributed by atoms with Crippen LogP contribution in [0.3, 0.4) is 0 Å². The van der Waals surface area contributed by atoms with Gasteiger partial charge >= 0.3 is 0 Å². The lowest BCUT2D eigenvalue weighted by molar-refractivity contribution is 0.0303. The van der Waals surface area contributed by atoms with Crippen LogP contribution in [0, 0.1) is 0 Å². The molecule has 1 aromatic carbocycles. The molecule has 7 nitrogen and oxygen atoms in total. The van der Waals surface area contributed by atoms with Crippen LogP contribution in [0.4, 0.5) is 5.69 Å². The molecule has 0 aliphatic carbocycles. The van der Waals surface area contributed by atoms with Gasteiger partial charge in [0, 0.05) is 24.3 Å². The summed E-state index contributed by atoms with van der Waals surface area (Å²) in [5, 5.41) is 5.54. The standard InChI is InChI=1S/C17H17N3O4S/c21-15(14-5-2-8-24-14)19-17(25)18-13-4-1-3-12(11-13)16(22)20-6-9-23-10-7-20/h1-5,8,11H,6-7,9-10H2,(H2,18,19,21,25). The van der Waals surface area contributed by atoms with Crippen molar-refractivity contribution in [2.75, 3.05) is 31.6 Å². The molecule has 2 heterocycles. The highest BCUT2D eigenvalue weighted by Crippen LogP contribution is 2.14. The molecule has 1 aliphatic rings. The van der Waals surface area contributed by atoms with Gasteiger partial charge in [-0.05, 0) is 42.5 Å². The van der Waals surface area contributed by atoms with Gasteiger partial charge < -0.3 is 19.4 Å². The molecule has 130 valence electrons. The van der Waals surface area contributed by atoms with Gasteiger partial charge in [-0.2, -0.15) is 0 Å². The molecule has 0 spiro atoms. The molecule has 25 heavy (non-hydrogen) atoms. The van der Waals surface area contributed by atoms with Crippen molar-refractivity contribution in [2.24, 2.45) is 0 Å². The summed E-state index contributed by atoms with van der Waals surface area (Å²) >= 11 is 5.12. The number of nitrogens with zero attached hydrogens (tertiary/aromatic N) is 1. The maximum Gasteiger partial charge on any atom is 0.293 e. The van der Waals surface area contributed by atoms with E-state index in [1.807, 2.05) is 0 Å². The van der Waals surface area contributed by atoms with Crippen molar-refractivity contribution >= 4 is 34.8 Å². The third kappa shape index (κ3) is 4.43. The monoisotopic (exact) mass is 359 g/mol. The zero-order valence-electron chi connectivity index (χ0n) is 13.4. The Morgan fingerprint density at radius 2 is 1.92 bits per heavy atom. The van der Waals surface area contributed by atoms with Gasteiger partial charge in [0.05, 0.1) is 19.5 Å². The number of amides is 2. The zero-order chi connectivity index (χ0) is 17.6. The van der Waals surface area contributed by atoms with Crippen molar-refractivity contribution in [1.29, 1.82) is 0 Å². The van der Waals surface area contributed by atoms with E-state index in [0.29, 0.717) is 37.6 Å². The van der Waals surface area contributed by atoms with Crippen molar-refractivity contribution in [3.05, 3.63) is 54.0 Å². The van der Waals surface area contributed by atoms with Crippen molar-refractivity contribution in [1.82, 2.24) is 10.2 Å². The SMILES string of the molecule is O=C(NC(=S)Nc1cccc(C(=O)N2CCOCC2)c1)c1ccco1. The van der Waals surface area contributed by atoms with Gasteiger partial charge in [-0.25, -0.2) is 0 Å². The van der Waals surface area contributed by atoms with Gasteiger partial charge in [0.2, 0.25) is 0 Å². The summed E-state index contributed by atoms with van der Waals surface area (Å²) in [6.07, 6.45) is 1.41. The highest BCUT2D eigenvalue weighted by molar-refractivity contribution is 7.80. The molecule has 2 N–H and O–H groups in total. The van der Waals surface area contributed by atoms with Crippen LogP contribution in [0.5, 0.6) is 0 Å². The molecule has 0 atom stereocenters.